The van der Waals surface area contributed by atoms with Gasteiger partial charge in [-0.25, -0.2) is 4.79 Å². The second-order valence-corrected chi connectivity index (χ2v) is 14.0. The van der Waals surface area contributed by atoms with Crippen LogP contribution in [0.25, 0.3) is 10.9 Å². The summed E-state index contributed by atoms with van der Waals surface area (Å²) >= 11 is 13.0. The molecule has 5 atom stereocenters. The zero-order valence-electron chi connectivity index (χ0n) is 29.2. The van der Waals surface area contributed by atoms with Crippen LogP contribution in [0.15, 0.2) is 46.9 Å². The van der Waals surface area contributed by atoms with E-state index in [-0.39, 0.29) is 49.1 Å². The fourth-order valence-corrected chi connectivity index (χ4v) is 6.80. The lowest BCUT2D eigenvalue weighted by Crippen LogP contribution is -2.65. The van der Waals surface area contributed by atoms with Crippen molar-refractivity contribution in [3.63, 3.8) is 0 Å². The van der Waals surface area contributed by atoms with E-state index < -0.39 is 35.5 Å². The molecule has 0 bridgehead atoms. The minimum Gasteiger partial charge on any atom is -0.445 e. The number of alkyl carbamates (subject to hydrolysis) is 1. The molecule has 2 heterocycles. The first-order valence-electron chi connectivity index (χ1n) is 17.0. The third-order valence-electron chi connectivity index (χ3n) is 9.57. The molecule has 15 heteroatoms. The molecule has 2 aromatic carbocycles. The third-order valence-corrected chi connectivity index (χ3v) is 10.1. The minimum absolute atomic E-state index is 0.0264. The number of H-pyrrole nitrogens is 1. The number of hydrogen-bond donors (Lipinski definition) is 5. The number of hydrogen-bond acceptors (Lipinski definition) is 8. The van der Waals surface area contributed by atoms with Gasteiger partial charge in [0.25, 0.3) is 0 Å². The van der Waals surface area contributed by atoms with Gasteiger partial charge in [-0.3, -0.25) is 19.7 Å². The lowest BCUT2D eigenvalue weighted by atomic mass is 9.78. The Morgan fingerprint density at radius 3 is 2.43 bits per heavy atom. The summed E-state index contributed by atoms with van der Waals surface area (Å²) in [6, 6.07) is 10.8. The summed E-state index contributed by atoms with van der Waals surface area (Å²) < 4.78 is 11.2. The number of fused-ring (bicyclic) bond motifs is 3. The second-order valence-electron chi connectivity index (χ2n) is 13.2. The molecule has 272 valence electrons. The van der Waals surface area contributed by atoms with Gasteiger partial charge in [0.05, 0.1) is 10.5 Å². The molecule has 0 spiro atoms. The molecule has 51 heavy (non-hydrogen) atoms. The number of carbonyl (C=O) groups excluding carboxylic acids is 4. The predicted octanol–water partition coefficient (Wildman–Crippen LogP) is 6.40. The van der Waals surface area contributed by atoms with Gasteiger partial charge < -0.3 is 30.1 Å². The number of rotatable bonds is 13. The summed E-state index contributed by atoms with van der Waals surface area (Å²) in [6.45, 7) is 8.98. The Hall–Kier alpha value is -4.62. The molecule has 4 aromatic rings. The van der Waals surface area contributed by atoms with Crippen LogP contribution in [0, 0.1) is 11.8 Å². The van der Waals surface area contributed by atoms with Gasteiger partial charge in [-0.15, -0.1) is 5.10 Å². The fraction of sp³-hybridized carbons (Fsp3) is 0.444. The fourth-order valence-electron chi connectivity index (χ4n) is 6.26. The molecule has 5 N–H and O–H groups in total. The van der Waals surface area contributed by atoms with Crippen molar-refractivity contribution >= 4 is 63.9 Å². The number of aromatic amines is 1. The van der Waals surface area contributed by atoms with Crippen molar-refractivity contribution in [2.24, 2.45) is 11.8 Å². The summed E-state index contributed by atoms with van der Waals surface area (Å²) in [4.78, 5) is 57.0. The summed E-state index contributed by atoms with van der Waals surface area (Å²) in [7, 11) is 0. The van der Waals surface area contributed by atoms with Crippen LogP contribution >= 0.6 is 23.2 Å². The van der Waals surface area contributed by atoms with E-state index in [1.165, 1.54) is 6.92 Å². The Kier molecular flexibility index (Phi) is 11.9. The monoisotopic (exact) mass is 739 g/mol. The number of nitrogens with zero attached hydrogens (tertiary/aromatic N) is 2. The summed E-state index contributed by atoms with van der Waals surface area (Å²) in [5.74, 6) is -1.79. The molecule has 0 radical (unpaired) electrons. The Morgan fingerprint density at radius 2 is 1.75 bits per heavy atom. The Bertz CT molecular complexity index is 1900. The van der Waals surface area contributed by atoms with Crippen molar-refractivity contribution in [1.82, 2.24) is 31.1 Å². The average Bonchev–Trinajstić information content (AvgIpc) is 3.72. The molecule has 13 nitrogen and oxygen atoms in total. The van der Waals surface area contributed by atoms with Crippen molar-refractivity contribution in [2.45, 2.75) is 91.0 Å². The van der Waals surface area contributed by atoms with Crippen LogP contribution in [-0.2, 0) is 38.6 Å². The zero-order valence-corrected chi connectivity index (χ0v) is 30.7. The summed E-state index contributed by atoms with van der Waals surface area (Å²) in [6.07, 6.45) is 1.15. The molecular weight excluding hydrogens is 697 g/mol. The number of aromatic nitrogens is 3. The maximum absolute atomic E-state index is 14.7. The van der Waals surface area contributed by atoms with Crippen LogP contribution in [0.3, 0.4) is 0 Å². The van der Waals surface area contributed by atoms with Gasteiger partial charge >= 0.3 is 12.1 Å². The molecule has 4 amide bonds. The molecule has 1 aliphatic carbocycles. The van der Waals surface area contributed by atoms with Crippen LogP contribution in [0.2, 0.25) is 10.0 Å². The molecule has 1 aliphatic rings. The molecule has 5 rings (SSSR count). The number of halogens is 2. The smallest absolute Gasteiger partial charge is 0.408 e. The van der Waals surface area contributed by atoms with Gasteiger partial charge in [0.2, 0.25) is 23.6 Å². The number of carbonyl (C=O) groups is 4. The first-order valence-corrected chi connectivity index (χ1v) is 17.8. The van der Waals surface area contributed by atoms with E-state index in [0.29, 0.717) is 34.8 Å². The Morgan fingerprint density at radius 1 is 1.02 bits per heavy atom. The molecule has 2 unspecified atom stereocenters. The van der Waals surface area contributed by atoms with E-state index in [4.69, 9.17) is 32.4 Å². The SMILES string of the molecule is CC[C@H](C)C(NC(=O)OCc1ccccc1)C(=O)N[C@]1(C(=O)NC(c2nnc(NC(C)=O)o2)[C@@H](C)CC)CCc2[nH]c3c(Cl)cc(Cl)cc3c2C1. The van der Waals surface area contributed by atoms with E-state index in [1.54, 1.807) is 12.1 Å². The average molecular weight is 741 g/mol. The molecule has 2 aromatic heterocycles. The van der Waals surface area contributed by atoms with Crippen LogP contribution in [-0.4, -0.2) is 50.6 Å². The largest absolute Gasteiger partial charge is 0.445 e. The summed E-state index contributed by atoms with van der Waals surface area (Å²) in [5.41, 5.74) is 1.66. The number of benzene rings is 2. The Labute approximate surface area is 305 Å². The first kappa shape index (κ1) is 37.6. The van der Waals surface area contributed by atoms with Crippen molar-refractivity contribution in [3.8, 4) is 0 Å². The van der Waals surface area contributed by atoms with Gasteiger partial charge in [0.15, 0.2) is 0 Å². The van der Waals surface area contributed by atoms with E-state index >= 15 is 0 Å². The number of anilines is 1. The van der Waals surface area contributed by atoms with Crippen molar-refractivity contribution in [1.29, 1.82) is 0 Å². The molecule has 0 saturated carbocycles. The van der Waals surface area contributed by atoms with Crippen molar-refractivity contribution < 1.29 is 28.3 Å². The number of ether oxygens (including phenoxy) is 1. The third kappa shape index (κ3) is 8.65. The second kappa shape index (κ2) is 16.2. The minimum atomic E-state index is -1.48. The van der Waals surface area contributed by atoms with Gasteiger partial charge in [-0.1, -0.05) is 99.2 Å². The van der Waals surface area contributed by atoms with Crippen molar-refractivity contribution in [3.05, 3.63) is 75.2 Å². The van der Waals surface area contributed by atoms with Crippen molar-refractivity contribution in [2.75, 3.05) is 5.32 Å². The number of aryl methyl sites for hydroxylation is 1. The first-order chi connectivity index (χ1) is 24.3. The summed E-state index contributed by atoms with van der Waals surface area (Å²) in [5, 5.41) is 21.0. The lowest BCUT2D eigenvalue weighted by Gasteiger charge is -2.39. The highest BCUT2D eigenvalue weighted by Gasteiger charge is 2.47. The highest BCUT2D eigenvalue weighted by molar-refractivity contribution is 6.38. The number of amides is 4. The topological polar surface area (TPSA) is 180 Å². The molecular formula is C36H43Cl2N7O6. The van der Waals surface area contributed by atoms with Crippen LogP contribution in [0.4, 0.5) is 10.8 Å². The normalized spacial score (nSPS) is 17.8. The highest BCUT2D eigenvalue weighted by Crippen LogP contribution is 2.39. The van der Waals surface area contributed by atoms with Gasteiger partial charge in [-0.05, 0) is 47.9 Å². The van der Waals surface area contributed by atoms with Gasteiger partial charge in [-0.2, -0.15) is 0 Å². The van der Waals surface area contributed by atoms with Crippen LogP contribution < -0.4 is 21.3 Å². The highest BCUT2D eigenvalue weighted by atomic mass is 35.5. The Balaban J connectivity index is 1.48. The van der Waals surface area contributed by atoms with E-state index in [9.17, 15) is 19.2 Å². The van der Waals surface area contributed by atoms with E-state index in [1.807, 2.05) is 58.0 Å². The molecule has 0 saturated heterocycles. The van der Waals surface area contributed by atoms with Crippen LogP contribution in [0.1, 0.15) is 82.6 Å². The standard InChI is InChI=1S/C36H43Cl2N7O6/c1-6-19(3)28(42-35(49)50-18-22-11-9-8-10-12-22)31(47)43-36(14-13-27-25(17-36)24-15-23(37)16-26(38)30(24)40-27)33(48)41-29(20(4)7-2)32-44-45-34(51-32)39-21(5)46/h8-12,15-16,19-20,28-29,40H,6-7,13-14,17-18H2,1-5H3,(H,41,48)(H,42,49)(H,43,47)(H,39,45,46)/t19-,20-,28?,29?,36+/m0/s1. The van der Waals surface area contributed by atoms with Gasteiger partial charge in [0.1, 0.15) is 24.2 Å². The predicted molar refractivity (Wildman–Crippen MR) is 193 cm³/mol. The maximum Gasteiger partial charge on any atom is 0.408 e. The van der Waals surface area contributed by atoms with E-state index in [2.05, 4.69) is 36.4 Å². The molecule has 0 fully saturated rings. The van der Waals surface area contributed by atoms with Crippen LogP contribution in [0.5, 0.6) is 0 Å². The quantitative estimate of drug-likeness (QED) is 0.104. The number of nitrogens with one attached hydrogen (secondary N) is 5. The van der Waals surface area contributed by atoms with Gasteiger partial charge in [0, 0.05) is 29.4 Å². The lowest BCUT2D eigenvalue weighted by molar-refractivity contribution is -0.136. The van der Waals surface area contributed by atoms with E-state index in [0.717, 1.165) is 22.2 Å². The zero-order chi connectivity index (χ0) is 36.9. The molecule has 0 aliphatic heterocycles. The maximum atomic E-state index is 14.7.